The van der Waals surface area contributed by atoms with Crippen LogP contribution in [0.1, 0.15) is 29.3 Å². The van der Waals surface area contributed by atoms with Gasteiger partial charge in [-0.25, -0.2) is 8.42 Å². The van der Waals surface area contributed by atoms with E-state index in [1.165, 1.54) is 40.8 Å². The largest absolute Gasteiger partial charge is 0.495 e. The average molecular weight is 492 g/mol. The van der Waals surface area contributed by atoms with Crippen LogP contribution in [0.4, 0.5) is 5.69 Å². The van der Waals surface area contributed by atoms with Gasteiger partial charge in [0, 0.05) is 36.2 Å². The van der Waals surface area contributed by atoms with Crippen molar-refractivity contribution in [3.05, 3.63) is 40.1 Å². The first-order chi connectivity index (χ1) is 16.0. The molecule has 33 heavy (non-hydrogen) atoms. The molecule has 1 aromatic heterocycles. The van der Waals surface area contributed by atoms with Gasteiger partial charge in [0.1, 0.15) is 10.6 Å². The van der Waals surface area contributed by atoms with Crippen molar-refractivity contribution in [2.24, 2.45) is 5.92 Å². The number of carbonyl (C=O) groups is 1. The van der Waals surface area contributed by atoms with Gasteiger partial charge in [-0.05, 0) is 60.4 Å². The molecule has 0 spiro atoms. The third-order valence-electron chi connectivity index (χ3n) is 6.57. The number of methoxy groups -OCH3 is 1. The number of hydrogen-bond acceptors (Lipinski definition) is 7. The van der Waals surface area contributed by atoms with Crippen LogP contribution < -0.4 is 10.1 Å². The minimum Gasteiger partial charge on any atom is -0.495 e. The number of hydrogen-bond donors (Lipinski definition) is 1. The average Bonchev–Trinajstić information content (AvgIpc) is 3.55. The second kappa shape index (κ2) is 9.34. The molecule has 3 aliphatic rings. The van der Waals surface area contributed by atoms with Gasteiger partial charge < -0.3 is 14.8 Å². The minimum absolute atomic E-state index is 0.0569. The van der Waals surface area contributed by atoms with E-state index < -0.39 is 10.0 Å². The molecule has 2 aliphatic heterocycles. The summed E-state index contributed by atoms with van der Waals surface area (Å²) in [6.07, 6.45) is 3.38. The summed E-state index contributed by atoms with van der Waals surface area (Å²) in [6, 6.07) is 7.28. The highest BCUT2D eigenvalue weighted by Crippen LogP contribution is 2.48. The molecule has 3 heterocycles. The van der Waals surface area contributed by atoms with Crippen molar-refractivity contribution in [2.75, 3.05) is 51.8 Å². The van der Waals surface area contributed by atoms with E-state index in [1.54, 1.807) is 12.1 Å². The number of thiophene rings is 1. The van der Waals surface area contributed by atoms with Crippen LogP contribution in [0, 0.1) is 5.92 Å². The molecule has 178 valence electrons. The van der Waals surface area contributed by atoms with Crippen molar-refractivity contribution < 1.29 is 22.7 Å². The van der Waals surface area contributed by atoms with E-state index >= 15 is 0 Å². The van der Waals surface area contributed by atoms with E-state index in [0.29, 0.717) is 44.0 Å². The van der Waals surface area contributed by atoms with Crippen LogP contribution in [0.5, 0.6) is 5.75 Å². The molecule has 0 radical (unpaired) electrons. The molecule has 0 bridgehead atoms. The van der Waals surface area contributed by atoms with Crippen molar-refractivity contribution in [3.8, 4) is 5.75 Å². The highest BCUT2D eigenvalue weighted by molar-refractivity contribution is 7.89. The van der Waals surface area contributed by atoms with Crippen LogP contribution in [0.3, 0.4) is 0 Å². The number of carbonyl (C=O) groups excluding carboxylic acids is 1. The van der Waals surface area contributed by atoms with Gasteiger partial charge in [0.2, 0.25) is 15.9 Å². The molecular weight excluding hydrogens is 462 g/mol. The topological polar surface area (TPSA) is 88.2 Å². The Morgan fingerprint density at radius 1 is 1.21 bits per heavy atom. The number of nitrogens with one attached hydrogen (secondary N) is 1. The second-order valence-electron chi connectivity index (χ2n) is 8.73. The molecule has 1 aromatic carbocycles. The molecular formula is C23H29N3O5S2. The molecule has 1 amide bonds. The zero-order valence-electron chi connectivity index (χ0n) is 18.7. The molecule has 10 heteroatoms. The molecule has 1 atom stereocenters. The lowest BCUT2D eigenvalue weighted by molar-refractivity contribution is -0.118. The van der Waals surface area contributed by atoms with Crippen LogP contribution in [0.2, 0.25) is 0 Å². The van der Waals surface area contributed by atoms with Gasteiger partial charge in [0.15, 0.2) is 0 Å². The molecule has 1 saturated carbocycles. The molecule has 1 saturated heterocycles. The standard InChI is InChI=1S/C23H29N3O5S2/c1-30-19-5-4-17(14-21(19)33(28,29)26-9-11-31-12-10-26)24-22(27)15-25-8-6-20-18(7-13-32-20)23(25)16-2-3-16/h4-5,7,13-14,16,23H,2-3,6,8-12,15H2,1H3,(H,24,27)/t23-/m0/s1. The molecule has 1 aliphatic carbocycles. The van der Waals surface area contributed by atoms with E-state index in [4.69, 9.17) is 9.47 Å². The van der Waals surface area contributed by atoms with Crippen molar-refractivity contribution in [1.82, 2.24) is 9.21 Å². The summed E-state index contributed by atoms with van der Waals surface area (Å²) in [5.74, 6) is 0.742. The van der Waals surface area contributed by atoms with Crippen LogP contribution in [-0.2, 0) is 26.0 Å². The van der Waals surface area contributed by atoms with Crippen molar-refractivity contribution in [2.45, 2.75) is 30.2 Å². The lowest BCUT2D eigenvalue weighted by atomic mass is 9.96. The Balaban J connectivity index is 1.32. The van der Waals surface area contributed by atoms with E-state index in [0.717, 1.165) is 13.0 Å². The normalized spacial score (nSPS) is 22.0. The summed E-state index contributed by atoms with van der Waals surface area (Å²) in [4.78, 5) is 16.8. The summed E-state index contributed by atoms with van der Waals surface area (Å²) in [7, 11) is -2.32. The lowest BCUT2D eigenvalue weighted by Gasteiger charge is -2.35. The van der Waals surface area contributed by atoms with E-state index in [1.807, 2.05) is 11.3 Å². The van der Waals surface area contributed by atoms with Gasteiger partial charge in [0.25, 0.3) is 0 Å². The Bertz CT molecular complexity index is 1120. The summed E-state index contributed by atoms with van der Waals surface area (Å²) in [5.41, 5.74) is 1.83. The number of nitrogens with zero attached hydrogens (tertiary/aromatic N) is 2. The monoisotopic (exact) mass is 491 g/mol. The predicted octanol–water partition coefficient (Wildman–Crippen LogP) is 2.73. The molecule has 5 rings (SSSR count). The van der Waals surface area contributed by atoms with Gasteiger partial charge in [0.05, 0.1) is 26.9 Å². The number of anilines is 1. The number of sulfonamides is 1. The van der Waals surface area contributed by atoms with Gasteiger partial charge in [-0.15, -0.1) is 11.3 Å². The first kappa shape index (κ1) is 22.8. The summed E-state index contributed by atoms with van der Waals surface area (Å²) >= 11 is 1.81. The molecule has 2 aromatic rings. The number of benzene rings is 1. The highest BCUT2D eigenvalue weighted by atomic mass is 32.2. The van der Waals surface area contributed by atoms with Gasteiger partial charge >= 0.3 is 0 Å². The Labute approximate surface area is 198 Å². The van der Waals surface area contributed by atoms with Crippen molar-refractivity contribution in [3.63, 3.8) is 0 Å². The Hall–Kier alpha value is -1.98. The fourth-order valence-electron chi connectivity index (χ4n) is 4.81. The maximum absolute atomic E-state index is 13.2. The highest BCUT2D eigenvalue weighted by Gasteiger charge is 2.40. The van der Waals surface area contributed by atoms with Crippen LogP contribution in [0.25, 0.3) is 0 Å². The number of ether oxygens (including phenoxy) is 2. The first-order valence-corrected chi connectivity index (χ1v) is 13.7. The van der Waals surface area contributed by atoms with E-state index in [-0.39, 0.29) is 23.1 Å². The van der Waals surface area contributed by atoms with Crippen molar-refractivity contribution >= 4 is 33.0 Å². The van der Waals surface area contributed by atoms with Gasteiger partial charge in [-0.1, -0.05) is 0 Å². The Kier molecular flexibility index (Phi) is 6.45. The van der Waals surface area contributed by atoms with Gasteiger partial charge in [-0.3, -0.25) is 9.69 Å². The number of morpholine rings is 1. The predicted molar refractivity (Wildman–Crippen MR) is 126 cm³/mol. The smallest absolute Gasteiger partial charge is 0.246 e. The quantitative estimate of drug-likeness (QED) is 0.641. The third kappa shape index (κ3) is 4.67. The van der Waals surface area contributed by atoms with E-state index in [2.05, 4.69) is 21.7 Å². The maximum atomic E-state index is 13.2. The summed E-state index contributed by atoms with van der Waals surface area (Å²) < 4.78 is 38.4. The molecule has 8 nitrogen and oxygen atoms in total. The summed E-state index contributed by atoms with van der Waals surface area (Å²) in [5, 5.41) is 5.06. The van der Waals surface area contributed by atoms with Crippen molar-refractivity contribution in [1.29, 1.82) is 0 Å². The fraction of sp³-hybridized carbons (Fsp3) is 0.522. The molecule has 2 fully saturated rings. The first-order valence-electron chi connectivity index (χ1n) is 11.3. The molecule has 1 N–H and O–H groups in total. The van der Waals surface area contributed by atoms with E-state index in [9.17, 15) is 13.2 Å². The van der Waals surface area contributed by atoms with Crippen LogP contribution in [-0.4, -0.2) is 70.0 Å². The lowest BCUT2D eigenvalue weighted by Crippen LogP contribution is -2.41. The Morgan fingerprint density at radius 2 is 2.00 bits per heavy atom. The Morgan fingerprint density at radius 3 is 2.73 bits per heavy atom. The van der Waals surface area contributed by atoms with Gasteiger partial charge in [-0.2, -0.15) is 4.31 Å². The zero-order valence-corrected chi connectivity index (χ0v) is 20.3. The third-order valence-corrected chi connectivity index (χ3v) is 9.48. The maximum Gasteiger partial charge on any atom is 0.246 e. The zero-order chi connectivity index (χ0) is 23.0. The number of rotatable bonds is 7. The molecule has 0 unspecified atom stereocenters. The van der Waals surface area contributed by atoms with Crippen LogP contribution in [0.15, 0.2) is 34.5 Å². The number of amides is 1. The SMILES string of the molecule is COc1ccc(NC(=O)CN2CCc3sccc3[C@@H]2C2CC2)cc1S(=O)(=O)N1CCOCC1. The second-order valence-corrected chi connectivity index (χ2v) is 11.6. The van der Waals surface area contributed by atoms with Crippen LogP contribution >= 0.6 is 11.3 Å². The fourth-order valence-corrected chi connectivity index (χ4v) is 7.31. The summed E-state index contributed by atoms with van der Waals surface area (Å²) in [6.45, 7) is 2.47. The number of fused-ring (bicyclic) bond motifs is 1. The minimum atomic E-state index is -3.76.